The lowest BCUT2D eigenvalue weighted by molar-refractivity contribution is 0.482. The molecular formula is C13H11IO4S. The Labute approximate surface area is 121 Å². The quantitative estimate of drug-likeness (QED) is 0.644. The van der Waals surface area contributed by atoms with Gasteiger partial charge in [-0.2, -0.15) is 8.42 Å². The molecule has 0 unspecified atom stereocenters. The summed E-state index contributed by atoms with van der Waals surface area (Å²) >= 11 is -1.73. The Morgan fingerprint density at radius 2 is 1.68 bits per heavy atom. The molecule has 4 nitrogen and oxygen atoms in total. The first-order valence-electron chi connectivity index (χ1n) is 5.38. The summed E-state index contributed by atoms with van der Waals surface area (Å²) < 4.78 is 43.6. The van der Waals surface area contributed by atoms with Crippen molar-refractivity contribution in [3.63, 3.8) is 0 Å². The third-order valence-electron chi connectivity index (χ3n) is 2.73. The molecule has 0 aromatic heterocycles. The second-order valence-electron chi connectivity index (χ2n) is 3.99. The largest absolute Gasteiger partial charge is 0.295 e. The van der Waals surface area contributed by atoms with Crippen LogP contribution in [-0.2, 0) is 13.2 Å². The Morgan fingerprint density at radius 3 is 2.21 bits per heavy atom. The zero-order valence-electron chi connectivity index (χ0n) is 10.00. The van der Waals surface area contributed by atoms with E-state index < -0.39 is 31.3 Å². The SMILES string of the molecule is Cc1ccc(S(=O)(=O)O)c(I=O)c1-c1ccccc1. The normalized spacial score (nSPS) is 11.5. The van der Waals surface area contributed by atoms with Crippen molar-refractivity contribution >= 4 is 31.3 Å². The lowest BCUT2D eigenvalue weighted by atomic mass is 10.0. The van der Waals surface area contributed by atoms with Crippen molar-refractivity contribution in [3.05, 3.63) is 51.6 Å². The predicted molar refractivity (Wildman–Crippen MR) is 79.8 cm³/mol. The standard InChI is InChI=1S/C13H11IO4S/c1-9-7-8-11(19(16,17)18)13(14-15)12(9)10-5-3-2-4-6-10/h2-8H,1H3,(H,16,17,18). The van der Waals surface area contributed by atoms with Gasteiger partial charge in [0.05, 0.1) is 3.57 Å². The van der Waals surface area contributed by atoms with Crippen molar-refractivity contribution in [3.8, 4) is 11.1 Å². The maximum Gasteiger partial charge on any atom is 0.295 e. The predicted octanol–water partition coefficient (Wildman–Crippen LogP) is 3.39. The number of halogens is 1. The molecule has 0 amide bonds. The van der Waals surface area contributed by atoms with Gasteiger partial charge in [-0.25, -0.2) is 0 Å². The summed E-state index contributed by atoms with van der Waals surface area (Å²) in [4.78, 5) is -0.264. The van der Waals surface area contributed by atoms with E-state index in [0.29, 0.717) is 5.56 Å². The van der Waals surface area contributed by atoms with Crippen LogP contribution in [0, 0.1) is 10.5 Å². The van der Waals surface area contributed by atoms with E-state index >= 15 is 0 Å². The van der Waals surface area contributed by atoms with Crippen LogP contribution in [0.2, 0.25) is 0 Å². The molecule has 0 saturated heterocycles. The number of benzene rings is 2. The summed E-state index contributed by atoms with van der Waals surface area (Å²) in [6.07, 6.45) is 0. The molecule has 1 N–H and O–H groups in total. The lowest BCUT2D eigenvalue weighted by Crippen LogP contribution is -2.03. The topological polar surface area (TPSA) is 71.4 Å². The van der Waals surface area contributed by atoms with Gasteiger partial charge in [0.1, 0.15) is 4.90 Å². The number of aryl methyl sites for hydroxylation is 1. The lowest BCUT2D eigenvalue weighted by Gasteiger charge is -2.11. The minimum Gasteiger partial charge on any atom is -0.282 e. The van der Waals surface area contributed by atoms with E-state index in [9.17, 15) is 16.0 Å². The highest BCUT2D eigenvalue weighted by Crippen LogP contribution is 2.34. The van der Waals surface area contributed by atoms with Crippen molar-refractivity contribution in [2.45, 2.75) is 11.8 Å². The van der Waals surface area contributed by atoms with Crippen LogP contribution in [0.3, 0.4) is 0 Å². The van der Waals surface area contributed by atoms with E-state index in [0.717, 1.165) is 11.1 Å². The van der Waals surface area contributed by atoms with E-state index in [1.807, 2.05) is 37.3 Å². The first-order valence-corrected chi connectivity index (χ1v) is 8.78. The molecule has 0 aliphatic heterocycles. The first-order chi connectivity index (χ1) is 8.95. The summed E-state index contributed by atoms with van der Waals surface area (Å²) in [6, 6.07) is 12.0. The fourth-order valence-electron chi connectivity index (χ4n) is 1.89. The maximum absolute atomic E-state index is 11.5. The van der Waals surface area contributed by atoms with Crippen molar-refractivity contribution in [1.82, 2.24) is 0 Å². The smallest absolute Gasteiger partial charge is 0.282 e. The highest BCUT2D eigenvalue weighted by atomic mass is 127. The summed E-state index contributed by atoms with van der Waals surface area (Å²) in [5.41, 5.74) is 2.23. The van der Waals surface area contributed by atoms with Crippen LogP contribution in [0.5, 0.6) is 0 Å². The Hall–Kier alpha value is -1.12. The second kappa shape index (κ2) is 5.48. The van der Waals surface area contributed by atoms with Crippen molar-refractivity contribution in [2.75, 3.05) is 0 Å². The van der Waals surface area contributed by atoms with Gasteiger partial charge in [-0.15, -0.1) is 0 Å². The summed E-state index contributed by atoms with van der Waals surface area (Å²) in [5.74, 6) is 0. The van der Waals surface area contributed by atoms with Crippen LogP contribution in [0.1, 0.15) is 5.56 Å². The van der Waals surface area contributed by atoms with E-state index in [4.69, 9.17) is 0 Å². The molecule has 2 rings (SSSR count). The third-order valence-corrected chi connectivity index (χ3v) is 5.56. The number of hydrogen-bond acceptors (Lipinski definition) is 3. The van der Waals surface area contributed by atoms with Crippen LogP contribution in [-0.4, -0.2) is 13.0 Å². The summed E-state index contributed by atoms with van der Waals surface area (Å²) in [6.45, 7) is 1.82. The van der Waals surface area contributed by atoms with Crippen molar-refractivity contribution < 1.29 is 16.0 Å². The van der Waals surface area contributed by atoms with Gasteiger partial charge < -0.3 is 0 Å². The second-order valence-corrected chi connectivity index (χ2v) is 6.90. The summed E-state index contributed by atoms with van der Waals surface area (Å²) in [7, 11) is -4.37. The van der Waals surface area contributed by atoms with Gasteiger partial charge in [-0.1, -0.05) is 36.4 Å². The van der Waals surface area contributed by atoms with Gasteiger partial charge in [-0.05, 0) is 24.1 Å². The Balaban J connectivity index is 2.84. The van der Waals surface area contributed by atoms with E-state index in [1.54, 1.807) is 6.07 Å². The third kappa shape index (κ3) is 2.90. The molecule has 0 saturated carbocycles. The zero-order valence-corrected chi connectivity index (χ0v) is 13.0. The molecule has 0 bridgehead atoms. The molecule has 0 aliphatic rings. The first kappa shape index (κ1) is 14.3. The van der Waals surface area contributed by atoms with E-state index in [2.05, 4.69) is 0 Å². The minimum absolute atomic E-state index is 0.215. The average Bonchev–Trinajstić information content (AvgIpc) is 2.37. The van der Waals surface area contributed by atoms with Crippen molar-refractivity contribution in [1.29, 1.82) is 0 Å². The average molecular weight is 390 g/mol. The van der Waals surface area contributed by atoms with Crippen LogP contribution in [0.4, 0.5) is 0 Å². The molecule has 0 atom stereocenters. The Bertz CT molecular complexity index is 724. The highest BCUT2D eigenvalue weighted by Gasteiger charge is 2.21. The molecule has 0 aliphatic carbocycles. The van der Waals surface area contributed by atoms with Crippen molar-refractivity contribution in [2.24, 2.45) is 0 Å². The van der Waals surface area contributed by atoms with E-state index in [1.165, 1.54) is 6.07 Å². The van der Waals surface area contributed by atoms with Gasteiger partial charge in [0, 0.05) is 5.56 Å². The maximum atomic E-state index is 11.5. The van der Waals surface area contributed by atoms with Gasteiger partial charge in [0.15, 0.2) is 21.2 Å². The monoisotopic (exact) mass is 390 g/mol. The molecule has 2 aromatic rings. The zero-order chi connectivity index (χ0) is 14.0. The molecule has 19 heavy (non-hydrogen) atoms. The Kier molecular flexibility index (Phi) is 4.12. The van der Waals surface area contributed by atoms with Gasteiger partial charge in [-0.3, -0.25) is 7.62 Å². The van der Waals surface area contributed by atoms with Gasteiger partial charge in [0.25, 0.3) is 10.1 Å². The molecule has 2 aromatic carbocycles. The summed E-state index contributed by atoms with van der Waals surface area (Å²) in [5, 5.41) is 0. The molecule has 100 valence electrons. The van der Waals surface area contributed by atoms with Gasteiger partial charge >= 0.3 is 0 Å². The minimum atomic E-state index is -4.37. The molecule has 0 fully saturated rings. The molecular weight excluding hydrogens is 379 g/mol. The van der Waals surface area contributed by atoms with E-state index in [-0.39, 0.29) is 8.47 Å². The van der Waals surface area contributed by atoms with Crippen LogP contribution >= 0.6 is 21.2 Å². The van der Waals surface area contributed by atoms with Crippen LogP contribution in [0.15, 0.2) is 47.4 Å². The molecule has 0 heterocycles. The fourth-order valence-corrected chi connectivity index (χ4v) is 4.86. The van der Waals surface area contributed by atoms with Crippen LogP contribution < -0.4 is 0 Å². The molecule has 6 heteroatoms. The van der Waals surface area contributed by atoms with Gasteiger partial charge in [0.2, 0.25) is 0 Å². The molecule has 0 radical (unpaired) electrons. The Morgan fingerprint density at radius 1 is 1.05 bits per heavy atom. The van der Waals surface area contributed by atoms with Crippen LogP contribution in [0.25, 0.3) is 11.1 Å². The fraction of sp³-hybridized carbons (Fsp3) is 0.0769. The number of rotatable bonds is 3. The highest BCUT2D eigenvalue weighted by molar-refractivity contribution is 14.1. The number of hydrogen-bond donors (Lipinski definition) is 1. The molecule has 0 spiro atoms.